The van der Waals surface area contributed by atoms with Crippen molar-refractivity contribution in [2.45, 2.75) is 6.54 Å². The van der Waals surface area contributed by atoms with Crippen molar-refractivity contribution in [3.05, 3.63) is 78.9 Å². The van der Waals surface area contributed by atoms with E-state index in [1.54, 1.807) is 29.6 Å². The molecule has 0 unspecified atom stereocenters. The lowest BCUT2D eigenvalue weighted by molar-refractivity contribution is 0.572. The SMILES string of the molecule is c1cc(-c2nnn(Cc3ccncc3)n2)cc(-c2ccnc3ccnn23)c1. The summed E-state index contributed by atoms with van der Waals surface area (Å²) in [6.45, 7) is 0.549. The normalized spacial score (nSPS) is 11.1. The van der Waals surface area contributed by atoms with Crippen LogP contribution in [0.4, 0.5) is 0 Å². The van der Waals surface area contributed by atoms with Gasteiger partial charge in [0.05, 0.1) is 18.4 Å². The summed E-state index contributed by atoms with van der Waals surface area (Å²) in [6, 6.07) is 15.7. The molecule has 27 heavy (non-hydrogen) atoms. The molecule has 0 fully saturated rings. The lowest BCUT2D eigenvalue weighted by atomic mass is 10.1. The third-order valence-corrected chi connectivity index (χ3v) is 4.23. The number of rotatable bonds is 4. The zero-order chi connectivity index (χ0) is 18.1. The van der Waals surface area contributed by atoms with Crippen LogP contribution in [0.25, 0.3) is 28.3 Å². The first-order valence-corrected chi connectivity index (χ1v) is 8.43. The van der Waals surface area contributed by atoms with Crippen LogP contribution in [0, 0.1) is 0 Å². The van der Waals surface area contributed by atoms with Crippen molar-refractivity contribution in [1.82, 2.24) is 39.8 Å². The Hall–Kier alpha value is -3.94. The number of hydrogen-bond donors (Lipinski definition) is 0. The Kier molecular flexibility index (Phi) is 3.64. The van der Waals surface area contributed by atoms with Crippen LogP contribution in [0.5, 0.6) is 0 Å². The monoisotopic (exact) mass is 354 g/mol. The van der Waals surface area contributed by atoms with Gasteiger partial charge in [-0.25, -0.2) is 9.50 Å². The molecule has 0 N–H and O–H groups in total. The van der Waals surface area contributed by atoms with Crippen molar-refractivity contribution >= 4 is 5.65 Å². The molecule has 1 aromatic carbocycles. The highest BCUT2D eigenvalue weighted by atomic mass is 15.6. The zero-order valence-corrected chi connectivity index (χ0v) is 14.2. The fourth-order valence-corrected chi connectivity index (χ4v) is 2.95. The average Bonchev–Trinajstić information content (AvgIpc) is 3.38. The van der Waals surface area contributed by atoms with E-state index in [0.29, 0.717) is 12.4 Å². The lowest BCUT2D eigenvalue weighted by Crippen LogP contribution is -2.03. The van der Waals surface area contributed by atoms with Crippen LogP contribution in [0.1, 0.15) is 5.56 Å². The Bertz CT molecular complexity index is 1210. The Labute approximate surface area is 154 Å². The topological polar surface area (TPSA) is 86.7 Å². The molecule has 5 aromatic rings. The molecule has 0 aliphatic carbocycles. The largest absolute Gasteiger partial charge is 0.265 e. The number of benzene rings is 1. The first kappa shape index (κ1) is 15.3. The van der Waals surface area contributed by atoms with Crippen molar-refractivity contribution in [1.29, 1.82) is 0 Å². The van der Waals surface area contributed by atoms with E-state index in [4.69, 9.17) is 0 Å². The smallest absolute Gasteiger partial charge is 0.204 e. The summed E-state index contributed by atoms with van der Waals surface area (Å²) >= 11 is 0. The molecule has 5 rings (SSSR count). The maximum atomic E-state index is 4.50. The minimum Gasteiger partial charge on any atom is -0.265 e. The van der Waals surface area contributed by atoms with Gasteiger partial charge >= 0.3 is 0 Å². The average molecular weight is 354 g/mol. The summed E-state index contributed by atoms with van der Waals surface area (Å²) in [5.74, 6) is 0.580. The van der Waals surface area contributed by atoms with Gasteiger partial charge in [0.15, 0.2) is 5.65 Å². The second-order valence-electron chi connectivity index (χ2n) is 6.01. The lowest BCUT2D eigenvalue weighted by Gasteiger charge is -2.05. The summed E-state index contributed by atoms with van der Waals surface area (Å²) < 4.78 is 1.81. The molecule has 0 aliphatic rings. The predicted octanol–water partition coefficient (Wildman–Crippen LogP) is 2.49. The number of pyridine rings is 1. The van der Waals surface area contributed by atoms with E-state index in [1.165, 1.54) is 0 Å². The van der Waals surface area contributed by atoms with Gasteiger partial charge < -0.3 is 0 Å². The van der Waals surface area contributed by atoms with E-state index >= 15 is 0 Å². The van der Waals surface area contributed by atoms with E-state index in [9.17, 15) is 0 Å². The molecule has 0 atom stereocenters. The van der Waals surface area contributed by atoms with Crippen LogP contribution in [0.2, 0.25) is 0 Å². The fourth-order valence-electron chi connectivity index (χ4n) is 2.95. The van der Waals surface area contributed by atoms with Gasteiger partial charge in [-0.2, -0.15) is 9.90 Å². The highest BCUT2D eigenvalue weighted by Crippen LogP contribution is 2.24. The van der Waals surface area contributed by atoms with Gasteiger partial charge in [-0.15, -0.1) is 10.2 Å². The first-order valence-electron chi connectivity index (χ1n) is 8.43. The van der Waals surface area contributed by atoms with Gasteiger partial charge in [0.2, 0.25) is 5.82 Å². The number of fused-ring (bicyclic) bond motifs is 1. The minimum atomic E-state index is 0.549. The molecule has 4 heterocycles. The maximum Gasteiger partial charge on any atom is 0.204 e. The zero-order valence-electron chi connectivity index (χ0n) is 14.2. The van der Waals surface area contributed by atoms with Gasteiger partial charge in [0.25, 0.3) is 0 Å². The van der Waals surface area contributed by atoms with E-state index in [1.807, 2.05) is 53.0 Å². The quantitative estimate of drug-likeness (QED) is 0.493. The van der Waals surface area contributed by atoms with Crippen LogP contribution >= 0.6 is 0 Å². The van der Waals surface area contributed by atoms with E-state index in [2.05, 4.69) is 30.5 Å². The van der Waals surface area contributed by atoms with Gasteiger partial charge in [-0.05, 0) is 35.0 Å². The van der Waals surface area contributed by atoms with Gasteiger partial charge in [0.1, 0.15) is 0 Å². The van der Waals surface area contributed by atoms with Crippen LogP contribution in [0.15, 0.2) is 73.3 Å². The molecule has 0 saturated carbocycles. The molecule has 0 amide bonds. The molecule has 130 valence electrons. The molecular formula is C19H14N8. The highest BCUT2D eigenvalue weighted by molar-refractivity contribution is 5.69. The molecule has 0 radical (unpaired) electrons. The van der Waals surface area contributed by atoms with Crippen molar-refractivity contribution in [2.24, 2.45) is 0 Å². The fraction of sp³-hybridized carbons (Fsp3) is 0.0526. The second-order valence-corrected chi connectivity index (χ2v) is 6.01. The van der Waals surface area contributed by atoms with E-state index in [0.717, 1.165) is 28.0 Å². The molecule has 0 spiro atoms. The standard InChI is InChI=1S/C19H14N8/c1-2-15(17-6-10-21-18-7-11-22-27(17)18)12-16(3-1)19-23-25-26(24-19)13-14-4-8-20-9-5-14/h1-12H,13H2. The van der Waals surface area contributed by atoms with Crippen LogP contribution in [0.3, 0.4) is 0 Å². The van der Waals surface area contributed by atoms with Crippen LogP contribution in [-0.4, -0.2) is 39.8 Å². The third-order valence-electron chi connectivity index (χ3n) is 4.23. The Balaban J connectivity index is 1.49. The van der Waals surface area contributed by atoms with Gasteiger partial charge in [-0.1, -0.05) is 18.2 Å². The predicted molar refractivity (Wildman–Crippen MR) is 98.6 cm³/mol. The molecule has 8 nitrogen and oxygen atoms in total. The molecule has 0 bridgehead atoms. The Morgan fingerprint density at radius 3 is 2.67 bits per heavy atom. The second kappa shape index (κ2) is 6.41. The molecular weight excluding hydrogens is 340 g/mol. The Morgan fingerprint density at radius 1 is 0.852 bits per heavy atom. The summed E-state index contributed by atoms with van der Waals surface area (Å²) in [7, 11) is 0. The number of tetrazole rings is 1. The third kappa shape index (κ3) is 2.93. The van der Waals surface area contributed by atoms with E-state index < -0.39 is 0 Å². The van der Waals surface area contributed by atoms with Crippen LogP contribution in [-0.2, 0) is 6.54 Å². The minimum absolute atomic E-state index is 0.549. The summed E-state index contributed by atoms with van der Waals surface area (Å²) in [4.78, 5) is 9.91. The van der Waals surface area contributed by atoms with Crippen molar-refractivity contribution in [3.63, 3.8) is 0 Å². The van der Waals surface area contributed by atoms with Gasteiger partial charge in [0, 0.05) is 35.8 Å². The number of nitrogens with zero attached hydrogens (tertiary/aromatic N) is 8. The Morgan fingerprint density at radius 2 is 1.74 bits per heavy atom. The van der Waals surface area contributed by atoms with Gasteiger partial charge in [-0.3, -0.25) is 4.98 Å². The molecule has 0 saturated heterocycles. The number of hydrogen-bond acceptors (Lipinski definition) is 6. The summed E-state index contributed by atoms with van der Waals surface area (Å²) in [5.41, 5.74) is 4.73. The molecule has 0 aliphatic heterocycles. The summed E-state index contributed by atoms with van der Waals surface area (Å²) in [5, 5.41) is 17.2. The summed E-state index contributed by atoms with van der Waals surface area (Å²) in [6.07, 6.45) is 7.02. The van der Waals surface area contributed by atoms with Crippen molar-refractivity contribution in [2.75, 3.05) is 0 Å². The molecule has 4 aromatic heterocycles. The first-order chi connectivity index (χ1) is 13.4. The molecule has 8 heteroatoms. The van der Waals surface area contributed by atoms with Crippen molar-refractivity contribution < 1.29 is 0 Å². The number of aromatic nitrogens is 8. The maximum absolute atomic E-state index is 4.50. The van der Waals surface area contributed by atoms with Crippen LogP contribution < -0.4 is 0 Å². The van der Waals surface area contributed by atoms with E-state index in [-0.39, 0.29) is 0 Å². The van der Waals surface area contributed by atoms with Crippen molar-refractivity contribution in [3.8, 4) is 22.6 Å². The highest BCUT2D eigenvalue weighted by Gasteiger charge is 2.10.